The molecule has 2 unspecified atom stereocenters. The van der Waals surface area contributed by atoms with Crippen molar-refractivity contribution in [2.24, 2.45) is 5.73 Å². The second-order valence-corrected chi connectivity index (χ2v) is 4.50. The minimum atomic E-state index is -0.179. The smallest absolute Gasteiger partial charge is 0.140 e. The normalized spacial score (nSPS) is 13.9. The summed E-state index contributed by atoms with van der Waals surface area (Å²) in [4.78, 5) is 4.11. The molecule has 0 amide bonds. The summed E-state index contributed by atoms with van der Waals surface area (Å²) in [6.45, 7) is 3.99. The van der Waals surface area contributed by atoms with E-state index in [0.717, 1.165) is 11.3 Å². The summed E-state index contributed by atoms with van der Waals surface area (Å²) in [5, 5.41) is 0. The Labute approximate surface area is 108 Å². The molecule has 3 nitrogen and oxygen atoms in total. The van der Waals surface area contributed by atoms with Crippen LogP contribution in [-0.4, -0.2) is 11.0 Å². The predicted octanol–water partition coefficient (Wildman–Crippen LogP) is 2.86. The Kier molecular flexibility index (Phi) is 3.95. The number of aromatic nitrogens is 1. The first-order valence-corrected chi connectivity index (χ1v) is 6.05. The summed E-state index contributed by atoms with van der Waals surface area (Å²) < 4.78 is 5.95. The highest BCUT2D eigenvalue weighted by molar-refractivity contribution is 5.27. The van der Waals surface area contributed by atoms with Gasteiger partial charge in [0, 0.05) is 24.0 Å². The van der Waals surface area contributed by atoms with E-state index in [4.69, 9.17) is 10.5 Å². The van der Waals surface area contributed by atoms with Crippen LogP contribution >= 0.6 is 0 Å². The van der Waals surface area contributed by atoms with Gasteiger partial charge in [-0.3, -0.25) is 4.98 Å². The van der Waals surface area contributed by atoms with Crippen molar-refractivity contribution in [3.8, 4) is 5.75 Å². The third-order valence-electron chi connectivity index (χ3n) is 2.77. The highest BCUT2D eigenvalue weighted by atomic mass is 16.5. The molecule has 1 aromatic heterocycles. The van der Waals surface area contributed by atoms with Crippen LogP contribution in [0.3, 0.4) is 0 Å². The Hall–Kier alpha value is -1.87. The van der Waals surface area contributed by atoms with Crippen molar-refractivity contribution < 1.29 is 4.74 Å². The van der Waals surface area contributed by atoms with E-state index in [1.54, 1.807) is 12.4 Å². The molecule has 18 heavy (non-hydrogen) atoms. The highest BCUT2D eigenvalue weighted by Crippen LogP contribution is 2.23. The SMILES string of the molecule is Cc1ccc(OC(c2cccnc2)C(C)N)cc1. The van der Waals surface area contributed by atoms with Crippen LogP contribution in [0.25, 0.3) is 0 Å². The Morgan fingerprint density at radius 1 is 1.17 bits per heavy atom. The van der Waals surface area contributed by atoms with Crippen LogP contribution in [0, 0.1) is 6.92 Å². The van der Waals surface area contributed by atoms with E-state index in [-0.39, 0.29) is 12.1 Å². The van der Waals surface area contributed by atoms with Crippen LogP contribution < -0.4 is 10.5 Å². The van der Waals surface area contributed by atoms with Gasteiger partial charge in [-0.25, -0.2) is 0 Å². The zero-order valence-electron chi connectivity index (χ0n) is 10.7. The Balaban J connectivity index is 2.19. The van der Waals surface area contributed by atoms with Crippen molar-refractivity contribution in [1.29, 1.82) is 0 Å². The van der Waals surface area contributed by atoms with Crippen molar-refractivity contribution in [2.75, 3.05) is 0 Å². The Morgan fingerprint density at radius 3 is 2.44 bits per heavy atom. The number of benzene rings is 1. The summed E-state index contributed by atoms with van der Waals surface area (Å²) in [6, 6.07) is 11.7. The number of rotatable bonds is 4. The fourth-order valence-electron chi connectivity index (χ4n) is 1.79. The standard InChI is InChI=1S/C15H18N2O/c1-11-5-7-14(8-6-11)18-15(12(2)16)13-4-3-9-17-10-13/h3-10,12,15H,16H2,1-2H3. The lowest BCUT2D eigenvalue weighted by Gasteiger charge is -2.22. The Bertz CT molecular complexity index is 480. The zero-order chi connectivity index (χ0) is 13.0. The van der Waals surface area contributed by atoms with E-state index in [2.05, 4.69) is 4.98 Å². The molecule has 3 heteroatoms. The maximum atomic E-state index is 5.99. The van der Waals surface area contributed by atoms with Crippen LogP contribution in [0.2, 0.25) is 0 Å². The molecule has 1 aromatic carbocycles. The molecule has 0 aliphatic carbocycles. The van der Waals surface area contributed by atoms with Crippen LogP contribution in [0.15, 0.2) is 48.8 Å². The van der Waals surface area contributed by atoms with Gasteiger partial charge >= 0.3 is 0 Å². The van der Waals surface area contributed by atoms with Crippen LogP contribution in [-0.2, 0) is 0 Å². The first kappa shape index (κ1) is 12.6. The molecule has 2 aromatic rings. The molecule has 1 heterocycles. The minimum absolute atomic E-state index is 0.101. The largest absolute Gasteiger partial charge is 0.484 e. The van der Waals surface area contributed by atoms with Crippen molar-refractivity contribution in [3.05, 3.63) is 59.9 Å². The lowest BCUT2D eigenvalue weighted by molar-refractivity contribution is 0.180. The molecule has 0 saturated heterocycles. The summed E-state index contributed by atoms with van der Waals surface area (Å²) in [6.07, 6.45) is 3.36. The van der Waals surface area contributed by atoms with Gasteiger partial charge in [0.1, 0.15) is 11.9 Å². The van der Waals surface area contributed by atoms with Crippen LogP contribution in [0.1, 0.15) is 24.2 Å². The van der Waals surface area contributed by atoms with Crippen molar-refractivity contribution >= 4 is 0 Å². The lowest BCUT2D eigenvalue weighted by Crippen LogP contribution is -2.29. The molecule has 0 spiro atoms. The molecule has 2 atom stereocenters. The average Bonchev–Trinajstić information content (AvgIpc) is 2.38. The second-order valence-electron chi connectivity index (χ2n) is 4.50. The van der Waals surface area contributed by atoms with Crippen LogP contribution in [0.5, 0.6) is 5.75 Å². The number of aryl methyl sites for hydroxylation is 1. The second kappa shape index (κ2) is 5.65. The first-order valence-electron chi connectivity index (χ1n) is 6.05. The predicted molar refractivity (Wildman–Crippen MR) is 72.4 cm³/mol. The van der Waals surface area contributed by atoms with Gasteiger partial charge in [-0.2, -0.15) is 0 Å². The minimum Gasteiger partial charge on any atom is -0.484 e. The summed E-state index contributed by atoms with van der Waals surface area (Å²) in [7, 11) is 0. The monoisotopic (exact) mass is 242 g/mol. The van der Waals surface area contributed by atoms with Gasteiger partial charge in [-0.1, -0.05) is 23.8 Å². The maximum Gasteiger partial charge on any atom is 0.140 e. The van der Waals surface area contributed by atoms with Gasteiger partial charge in [0.15, 0.2) is 0 Å². The van der Waals surface area contributed by atoms with E-state index in [1.165, 1.54) is 5.56 Å². The first-order chi connectivity index (χ1) is 8.66. The number of nitrogens with zero attached hydrogens (tertiary/aromatic N) is 1. The molecule has 0 radical (unpaired) electrons. The molecule has 0 saturated carbocycles. The molecular formula is C15H18N2O. The fourth-order valence-corrected chi connectivity index (χ4v) is 1.79. The molecule has 0 fully saturated rings. The van der Waals surface area contributed by atoms with E-state index < -0.39 is 0 Å². The topological polar surface area (TPSA) is 48.1 Å². The van der Waals surface area contributed by atoms with Gasteiger partial charge in [0.2, 0.25) is 0 Å². The van der Waals surface area contributed by atoms with Gasteiger partial charge in [-0.15, -0.1) is 0 Å². The lowest BCUT2D eigenvalue weighted by atomic mass is 10.1. The van der Waals surface area contributed by atoms with E-state index in [9.17, 15) is 0 Å². The third-order valence-corrected chi connectivity index (χ3v) is 2.77. The zero-order valence-corrected chi connectivity index (χ0v) is 10.7. The van der Waals surface area contributed by atoms with Gasteiger partial charge in [-0.05, 0) is 32.0 Å². The van der Waals surface area contributed by atoms with E-state index in [0.29, 0.717) is 0 Å². The number of hydrogen-bond acceptors (Lipinski definition) is 3. The van der Waals surface area contributed by atoms with Crippen molar-refractivity contribution in [3.63, 3.8) is 0 Å². The summed E-state index contributed by atoms with van der Waals surface area (Å²) in [5.74, 6) is 0.826. The molecular weight excluding hydrogens is 224 g/mol. The summed E-state index contributed by atoms with van der Waals surface area (Å²) >= 11 is 0. The molecule has 2 N–H and O–H groups in total. The maximum absolute atomic E-state index is 5.99. The fraction of sp³-hybridized carbons (Fsp3) is 0.267. The highest BCUT2D eigenvalue weighted by Gasteiger charge is 2.18. The van der Waals surface area contributed by atoms with Gasteiger partial charge in [0.25, 0.3) is 0 Å². The van der Waals surface area contributed by atoms with Crippen molar-refractivity contribution in [1.82, 2.24) is 4.98 Å². The molecule has 94 valence electrons. The summed E-state index contributed by atoms with van der Waals surface area (Å²) in [5.41, 5.74) is 8.20. The van der Waals surface area contributed by atoms with Crippen LogP contribution in [0.4, 0.5) is 0 Å². The Morgan fingerprint density at radius 2 is 1.89 bits per heavy atom. The quantitative estimate of drug-likeness (QED) is 0.896. The number of pyridine rings is 1. The van der Waals surface area contributed by atoms with Gasteiger partial charge < -0.3 is 10.5 Å². The molecule has 0 aliphatic heterocycles. The molecule has 2 rings (SSSR count). The van der Waals surface area contributed by atoms with E-state index in [1.807, 2.05) is 50.2 Å². The number of nitrogens with two attached hydrogens (primary N) is 1. The molecule has 0 aliphatic rings. The van der Waals surface area contributed by atoms with E-state index >= 15 is 0 Å². The molecule has 0 bridgehead atoms. The third kappa shape index (κ3) is 3.08. The average molecular weight is 242 g/mol. The number of ether oxygens (including phenoxy) is 1. The van der Waals surface area contributed by atoms with Crippen molar-refractivity contribution in [2.45, 2.75) is 26.0 Å². The van der Waals surface area contributed by atoms with Gasteiger partial charge in [0.05, 0.1) is 0 Å². The number of hydrogen-bond donors (Lipinski definition) is 1.